The van der Waals surface area contributed by atoms with Gasteiger partial charge in [-0.15, -0.1) is 0 Å². The van der Waals surface area contributed by atoms with Crippen LogP contribution in [0.1, 0.15) is 17.2 Å². The third-order valence-corrected chi connectivity index (χ3v) is 3.75. The predicted molar refractivity (Wildman–Crippen MR) is 79.9 cm³/mol. The molecule has 0 amide bonds. The number of methoxy groups -OCH3 is 1. The highest BCUT2D eigenvalue weighted by Crippen LogP contribution is 2.32. The summed E-state index contributed by atoms with van der Waals surface area (Å²) in [5.41, 5.74) is 0.714. The standard InChI is InChI=1S/C16H16ClF2NO/c1-20-14(9-10-11(17)5-3-6-12(10)18)16-13(19)7-4-8-15(16)21-2/h3-8,14,20H,9H2,1-2H3. The molecule has 0 saturated heterocycles. The van der Waals surface area contributed by atoms with Gasteiger partial charge in [0, 0.05) is 22.2 Å². The van der Waals surface area contributed by atoms with Crippen LogP contribution in [0.15, 0.2) is 36.4 Å². The molecule has 21 heavy (non-hydrogen) atoms. The maximum atomic E-state index is 14.1. The molecule has 0 saturated carbocycles. The fraction of sp³-hybridized carbons (Fsp3) is 0.250. The lowest BCUT2D eigenvalue weighted by molar-refractivity contribution is 0.392. The molecule has 112 valence electrons. The maximum Gasteiger partial charge on any atom is 0.131 e. The Morgan fingerprint density at radius 1 is 1.14 bits per heavy atom. The summed E-state index contributed by atoms with van der Waals surface area (Å²) >= 11 is 6.04. The molecule has 1 N–H and O–H groups in total. The molecule has 1 unspecified atom stereocenters. The van der Waals surface area contributed by atoms with Gasteiger partial charge in [0.15, 0.2) is 0 Å². The van der Waals surface area contributed by atoms with Gasteiger partial charge in [0.25, 0.3) is 0 Å². The third kappa shape index (κ3) is 3.34. The van der Waals surface area contributed by atoms with Gasteiger partial charge in [-0.1, -0.05) is 23.7 Å². The number of rotatable bonds is 5. The average molecular weight is 312 g/mol. The minimum atomic E-state index is -0.449. The van der Waals surface area contributed by atoms with Gasteiger partial charge in [-0.2, -0.15) is 0 Å². The number of ether oxygens (including phenoxy) is 1. The fourth-order valence-corrected chi connectivity index (χ4v) is 2.55. The van der Waals surface area contributed by atoms with Crippen LogP contribution in [0.5, 0.6) is 5.75 Å². The molecule has 1 atom stereocenters. The predicted octanol–water partition coefficient (Wildman–Crippen LogP) is 4.13. The Morgan fingerprint density at radius 3 is 2.43 bits per heavy atom. The van der Waals surface area contributed by atoms with E-state index in [1.165, 1.54) is 19.2 Å². The summed E-state index contributed by atoms with van der Waals surface area (Å²) in [6, 6.07) is 8.64. The van der Waals surface area contributed by atoms with Gasteiger partial charge < -0.3 is 10.1 Å². The highest BCUT2D eigenvalue weighted by atomic mass is 35.5. The monoisotopic (exact) mass is 311 g/mol. The minimum absolute atomic E-state index is 0.222. The number of nitrogens with one attached hydrogen (secondary N) is 1. The van der Waals surface area contributed by atoms with Crippen molar-refractivity contribution in [3.8, 4) is 5.75 Å². The van der Waals surface area contributed by atoms with E-state index >= 15 is 0 Å². The first-order valence-corrected chi connectivity index (χ1v) is 6.88. The average Bonchev–Trinajstić information content (AvgIpc) is 2.47. The minimum Gasteiger partial charge on any atom is -0.496 e. The second-order valence-corrected chi connectivity index (χ2v) is 5.01. The number of likely N-dealkylation sites (N-methyl/N-ethyl adjacent to an activating group) is 1. The lowest BCUT2D eigenvalue weighted by atomic mass is 9.97. The largest absolute Gasteiger partial charge is 0.496 e. The van der Waals surface area contributed by atoms with E-state index in [4.69, 9.17) is 16.3 Å². The van der Waals surface area contributed by atoms with E-state index in [-0.39, 0.29) is 6.42 Å². The summed E-state index contributed by atoms with van der Waals surface area (Å²) in [5, 5.41) is 3.32. The lowest BCUT2D eigenvalue weighted by Crippen LogP contribution is -2.21. The summed E-state index contributed by atoms with van der Waals surface area (Å²) in [6.45, 7) is 0. The molecule has 0 radical (unpaired) electrons. The van der Waals surface area contributed by atoms with Crippen molar-refractivity contribution < 1.29 is 13.5 Å². The van der Waals surface area contributed by atoms with Crippen molar-refractivity contribution in [2.45, 2.75) is 12.5 Å². The Morgan fingerprint density at radius 2 is 1.81 bits per heavy atom. The molecule has 2 nitrogen and oxygen atoms in total. The van der Waals surface area contributed by atoms with E-state index in [0.29, 0.717) is 21.9 Å². The van der Waals surface area contributed by atoms with Gasteiger partial charge in [0.2, 0.25) is 0 Å². The van der Waals surface area contributed by atoms with Crippen LogP contribution in [0, 0.1) is 11.6 Å². The molecule has 0 aromatic heterocycles. The van der Waals surface area contributed by atoms with Crippen LogP contribution in [0.4, 0.5) is 8.78 Å². The molecule has 2 aromatic rings. The Kier molecular flexibility index (Phi) is 5.15. The highest BCUT2D eigenvalue weighted by Gasteiger charge is 2.21. The van der Waals surface area contributed by atoms with E-state index in [1.807, 2.05) is 0 Å². The zero-order chi connectivity index (χ0) is 15.4. The Bertz CT molecular complexity index is 613. The first-order chi connectivity index (χ1) is 10.1. The molecule has 5 heteroatoms. The fourth-order valence-electron chi connectivity index (χ4n) is 2.31. The van der Waals surface area contributed by atoms with Gasteiger partial charge in [0.1, 0.15) is 17.4 Å². The summed E-state index contributed by atoms with van der Waals surface area (Å²) in [7, 11) is 3.16. The van der Waals surface area contributed by atoms with Crippen LogP contribution in [0.3, 0.4) is 0 Å². The normalized spacial score (nSPS) is 12.2. The number of hydrogen-bond acceptors (Lipinski definition) is 2. The molecule has 0 aliphatic rings. The number of halogens is 3. The van der Waals surface area contributed by atoms with Crippen LogP contribution < -0.4 is 10.1 Å². The number of hydrogen-bond donors (Lipinski definition) is 1. The SMILES string of the molecule is CNC(Cc1c(F)cccc1Cl)c1c(F)cccc1OC. The van der Waals surface area contributed by atoms with E-state index in [2.05, 4.69) is 5.32 Å². The Labute approximate surface area is 127 Å². The highest BCUT2D eigenvalue weighted by molar-refractivity contribution is 6.31. The summed E-state index contributed by atoms with van der Waals surface area (Å²) in [6.07, 6.45) is 0.222. The van der Waals surface area contributed by atoms with Crippen LogP contribution >= 0.6 is 11.6 Å². The molecule has 0 bridgehead atoms. The molecule has 2 rings (SSSR count). The van der Waals surface area contributed by atoms with Gasteiger partial charge >= 0.3 is 0 Å². The maximum absolute atomic E-state index is 14.1. The molecular formula is C16H16ClF2NO. The van der Waals surface area contributed by atoms with Crippen molar-refractivity contribution in [1.82, 2.24) is 5.32 Å². The lowest BCUT2D eigenvalue weighted by Gasteiger charge is -2.21. The van der Waals surface area contributed by atoms with Crippen molar-refractivity contribution >= 4 is 11.6 Å². The third-order valence-electron chi connectivity index (χ3n) is 3.40. The first kappa shape index (κ1) is 15.7. The molecule has 0 fully saturated rings. The smallest absolute Gasteiger partial charge is 0.131 e. The molecule has 0 spiro atoms. The molecule has 0 heterocycles. The van der Waals surface area contributed by atoms with Gasteiger partial charge in [-0.05, 0) is 37.7 Å². The number of benzene rings is 2. The zero-order valence-corrected chi connectivity index (χ0v) is 12.5. The van der Waals surface area contributed by atoms with Crippen molar-refractivity contribution in [3.05, 3.63) is 64.2 Å². The van der Waals surface area contributed by atoms with E-state index < -0.39 is 17.7 Å². The van der Waals surface area contributed by atoms with Crippen LogP contribution in [0.2, 0.25) is 5.02 Å². The summed E-state index contributed by atoms with van der Waals surface area (Å²) < 4.78 is 33.2. The van der Waals surface area contributed by atoms with Crippen LogP contribution in [0.25, 0.3) is 0 Å². The second-order valence-electron chi connectivity index (χ2n) is 4.60. The topological polar surface area (TPSA) is 21.3 Å². The molecule has 2 aromatic carbocycles. The van der Waals surface area contributed by atoms with Crippen molar-refractivity contribution in [2.24, 2.45) is 0 Å². The van der Waals surface area contributed by atoms with E-state index in [9.17, 15) is 8.78 Å². The molecule has 0 aliphatic carbocycles. The second kappa shape index (κ2) is 6.87. The summed E-state index contributed by atoms with van der Waals surface area (Å²) in [4.78, 5) is 0. The van der Waals surface area contributed by atoms with E-state index in [1.54, 1.807) is 31.3 Å². The zero-order valence-electron chi connectivity index (χ0n) is 11.8. The van der Waals surface area contributed by atoms with Crippen LogP contribution in [-0.2, 0) is 6.42 Å². The molecular weight excluding hydrogens is 296 g/mol. The van der Waals surface area contributed by atoms with Crippen LogP contribution in [-0.4, -0.2) is 14.2 Å². The van der Waals surface area contributed by atoms with Gasteiger partial charge in [-0.25, -0.2) is 8.78 Å². The Balaban J connectivity index is 2.42. The van der Waals surface area contributed by atoms with Gasteiger partial charge in [-0.3, -0.25) is 0 Å². The van der Waals surface area contributed by atoms with Gasteiger partial charge in [0.05, 0.1) is 7.11 Å². The molecule has 0 aliphatic heterocycles. The van der Waals surface area contributed by atoms with Crippen molar-refractivity contribution in [2.75, 3.05) is 14.2 Å². The quantitative estimate of drug-likeness (QED) is 0.896. The Hall–Kier alpha value is -1.65. The van der Waals surface area contributed by atoms with E-state index in [0.717, 1.165) is 0 Å². The van der Waals surface area contributed by atoms with Crippen molar-refractivity contribution in [3.63, 3.8) is 0 Å². The van der Waals surface area contributed by atoms with Crippen molar-refractivity contribution in [1.29, 1.82) is 0 Å². The summed E-state index contributed by atoms with van der Waals surface area (Å²) in [5.74, 6) is -0.388. The first-order valence-electron chi connectivity index (χ1n) is 6.51.